The van der Waals surface area contributed by atoms with Crippen LogP contribution < -0.4 is 4.90 Å². The molecule has 4 nitrogen and oxygen atoms in total. The van der Waals surface area contributed by atoms with Gasteiger partial charge in [0, 0.05) is 12.6 Å². The van der Waals surface area contributed by atoms with E-state index >= 15 is 0 Å². The van der Waals surface area contributed by atoms with Crippen molar-refractivity contribution in [2.24, 2.45) is 0 Å². The van der Waals surface area contributed by atoms with E-state index in [-0.39, 0.29) is 6.61 Å². The Kier molecular flexibility index (Phi) is 3.62. The molecule has 0 saturated carbocycles. The lowest BCUT2D eigenvalue weighted by molar-refractivity contribution is 0.299. The molecule has 1 rings (SSSR count). The van der Waals surface area contributed by atoms with E-state index in [0.29, 0.717) is 12.6 Å². The van der Waals surface area contributed by atoms with Gasteiger partial charge in [0.2, 0.25) is 5.13 Å². The van der Waals surface area contributed by atoms with Crippen LogP contribution in [-0.2, 0) is 0 Å². The van der Waals surface area contributed by atoms with Gasteiger partial charge in [0.15, 0.2) is 0 Å². The van der Waals surface area contributed by atoms with Gasteiger partial charge < -0.3 is 10.0 Å². The highest BCUT2D eigenvalue weighted by molar-refractivity contribution is 7.15. The van der Waals surface area contributed by atoms with E-state index in [9.17, 15) is 0 Å². The van der Waals surface area contributed by atoms with Gasteiger partial charge in [-0.25, -0.2) is 0 Å². The summed E-state index contributed by atoms with van der Waals surface area (Å²) in [6.45, 7) is 6.85. The molecule has 0 aromatic carbocycles. The summed E-state index contributed by atoms with van der Waals surface area (Å²) in [5.74, 6) is 0. The van der Waals surface area contributed by atoms with Crippen LogP contribution in [0.1, 0.15) is 18.9 Å². The Balaban J connectivity index is 2.75. The van der Waals surface area contributed by atoms with E-state index in [1.807, 2.05) is 11.8 Å². The number of hydrogen-bond donors (Lipinski definition) is 1. The van der Waals surface area contributed by atoms with Crippen LogP contribution in [0.4, 0.5) is 5.13 Å². The van der Waals surface area contributed by atoms with E-state index < -0.39 is 0 Å². The van der Waals surface area contributed by atoms with Gasteiger partial charge in [-0.05, 0) is 20.8 Å². The van der Waals surface area contributed by atoms with Gasteiger partial charge in [-0.2, -0.15) is 0 Å². The second kappa shape index (κ2) is 4.53. The molecule has 13 heavy (non-hydrogen) atoms. The summed E-state index contributed by atoms with van der Waals surface area (Å²) in [6, 6.07) is 0.347. The van der Waals surface area contributed by atoms with E-state index in [4.69, 9.17) is 5.11 Å². The molecule has 0 saturated heterocycles. The van der Waals surface area contributed by atoms with Crippen molar-refractivity contribution in [3.8, 4) is 0 Å². The summed E-state index contributed by atoms with van der Waals surface area (Å²) in [7, 11) is 0. The van der Waals surface area contributed by atoms with Crippen molar-refractivity contribution < 1.29 is 5.11 Å². The predicted molar refractivity (Wildman–Crippen MR) is 54.2 cm³/mol. The third kappa shape index (κ3) is 2.63. The SMILES string of the molecule is Cc1nnc(N(CCO)C(C)C)s1. The lowest BCUT2D eigenvalue weighted by Gasteiger charge is -2.24. The Morgan fingerprint density at radius 2 is 2.15 bits per heavy atom. The fourth-order valence-corrected chi connectivity index (χ4v) is 1.93. The van der Waals surface area contributed by atoms with Gasteiger partial charge in [-0.15, -0.1) is 10.2 Å². The maximum absolute atomic E-state index is 8.87. The molecule has 0 spiro atoms. The topological polar surface area (TPSA) is 49.2 Å². The molecule has 1 aromatic rings. The highest BCUT2D eigenvalue weighted by Gasteiger charge is 2.13. The van der Waals surface area contributed by atoms with Crippen LogP contribution in [0.15, 0.2) is 0 Å². The van der Waals surface area contributed by atoms with Crippen molar-refractivity contribution in [3.05, 3.63) is 5.01 Å². The molecule has 1 aromatic heterocycles. The van der Waals surface area contributed by atoms with Crippen molar-refractivity contribution in [3.63, 3.8) is 0 Å². The van der Waals surface area contributed by atoms with Gasteiger partial charge >= 0.3 is 0 Å². The average molecular weight is 201 g/mol. The normalized spacial score (nSPS) is 10.8. The summed E-state index contributed by atoms with van der Waals surface area (Å²) in [5.41, 5.74) is 0. The number of hydrogen-bond acceptors (Lipinski definition) is 5. The molecular weight excluding hydrogens is 186 g/mol. The number of aliphatic hydroxyl groups excluding tert-OH is 1. The minimum absolute atomic E-state index is 0.150. The monoisotopic (exact) mass is 201 g/mol. The second-order valence-corrected chi connectivity index (χ2v) is 4.27. The molecule has 0 fully saturated rings. The molecule has 0 aliphatic heterocycles. The van der Waals surface area contributed by atoms with Crippen LogP contribution in [0.5, 0.6) is 0 Å². The molecule has 5 heteroatoms. The van der Waals surface area contributed by atoms with E-state index in [2.05, 4.69) is 24.0 Å². The van der Waals surface area contributed by atoms with Crippen LogP contribution in [-0.4, -0.2) is 34.5 Å². The number of rotatable bonds is 4. The standard InChI is InChI=1S/C8H15N3OS/c1-6(2)11(4-5-12)8-10-9-7(3)13-8/h6,12H,4-5H2,1-3H3. The third-order valence-electron chi connectivity index (χ3n) is 1.73. The Hall–Kier alpha value is -0.680. The molecule has 0 unspecified atom stereocenters. The smallest absolute Gasteiger partial charge is 0.208 e. The van der Waals surface area contributed by atoms with Gasteiger partial charge in [-0.3, -0.25) is 0 Å². The number of anilines is 1. The van der Waals surface area contributed by atoms with Crippen LogP contribution in [0.3, 0.4) is 0 Å². The van der Waals surface area contributed by atoms with Gasteiger partial charge in [0.25, 0.3) is 0 Å². The molecule has 1 heterocycles. The fraction of sp³-hybridized carbons (Fsp3) is 0.750. The van der Waals surface area contributed by atoms with E-state index in [1.54, 1.807) is 11.3 Å². The van der Waals surface area contributed by atoms with E-state index in [1.165, 1.54) is 0 Å². The summed E-state index contributed by atoms with van der Waals surface area (Å²) in [5, 5.41) is 18.7. The second-order valence-electron chi connectivity index (χ2n) is 3.11. The highest BCUT2D eigenvalue weighted by Crippen LogP contribution is 2.20. The zero-order valence-corrected chi connectivity index (χ0v) is 9.01. The summed E-state index contributed by atoms with van der Waals surface area (Å²) >= 11 is 1.56. The van der Waals surface area contributed by atoms with Crippen LogP contribution in [0.25, 0.3) is 0 Å². The quantitative estimate of drug-likeness (QED) is 0.791. The number of aliphatic hydroxyl groups is 1. The van der Waals surface area contributed by atoms with Crippen molar-refractivity contribution >= 4 is 16.5 Å². The largest absolute Gasteiger partial charge is 0.395 e. The summed E-state index contributed by atoms with van der Waals surface area (Å²) in [6.07, 6.45) is 0. The Morgan fingerprint density at radius 1 is 1.46 bits per heavy atom. The first-order valence-corrected chi connectivity index (χ1v) is 5.14. The zero-order valence-electron chi connectivity index (χ0n) is 8.19. The van der Waals surface area contributed by atoms with Gasteiger partial charge in [-0.1, -0.05) is 11.3 Å². The van der Waals surface area contributed by atoms with Crippen LogP contribution in [0, 0.1) is 6.92 Å². The first-order valence-electron chi connectivity index (χ1n) is 4.32. The lowest BCUT2D eigenvalue weighted by Crippen LogP contribution is -2.33. The summed E-state index contributed by atoms with van der Waals surface area (Å²) < 4.78 is 0. The molecule has 0 aliphatic carbocycles. The van der Waals surface area contributed by atoms with Crippen LogP contribution in [0.2, 0.25) is 0 Å². The Morgan fingerprint density at radius 3 is 2.54 bits per heavy atom. The Bertz CT molecular complexity index is 262. The maximum Gasteiger partial charge on any atom is 0.208 e. The third-order valence-corrected chi connectivity index (χ3v) is 2.60. The predicted octanol–water partition coefficient (Wildman–Crippen LogP) is 1.05. The van der Waals surface area contributed by atoms with Crippen molar-refractivity contribution in [2.45, 2.75) is 26.8 Å². The minimum atomic E-state index is 0.150. The maximum atomic E-state index is 8.87. The molecular formula is C8H15N3OS. The first-order chi connectivity index (χ1) is 6.15. The van der Waals surface area contributed by atoms with Crippen LogP contribution >= 0.6 is 11.3 Å². The summed E-state index contributed by atoms with van der Waals surface area (Å²) in [4.78, 5) is 2.05. The average Bonchev–Trinajstić information content (AvgIpc) is 2.46. The molecule has 74 valence electrons. The lowest BCUT2D eigenvalue weighted by atomic mass is 10.3. The number of nitrogens with zero attached hydrogens (tertiary/aromatic N) is 3. The highest BCUT2D eigenvalue weighted by atomic mass is 32.1. The Labute approximate surface area is 82.2 Å². The molecule has 0 radical (unpaired) electrons. The number of aryl methyl sites for hydroxylation is 1. The fourth-order valence-electron chi connectivity index (χ4n) is 1.08. The first kappa shape index (κ1) is 10.4. The molecule has 0 aliphatic rings. The van der Waals surface area contributed by atoms with Gasteiger partial charge in [0.1, 0.15) is 5.01 Å². The molecule has 1 N–H and O–H groups in total. The molecule has 0 bridgehead atoms. The van der Waals surface area contributed by atoms with Crippen molar-refractivity contribution in [1.82, 2.24) is 10.2 Å². The van der Waals surface area contributed by atoms with Gasteiger partial charge in [0.05, 0.1) is 6.61 Å². The van der Waals surface area contributed by atoms with E-state index in [0.717, 1.165) is 10.1 Å². The van der Waals surface area contributed by atoms with Crippen molar-refractivity contribution in [2.75, 3.05) is 18.1 Å². The number of aromatic nitrogens is 2. The molecule has 0 amide bonds. The molecule has 0 atom stereocenters. The minimum Gasteiger partial charge on any atom is -0.395 e. The zero-order chi connectivity index (χ0) is 9.84. The van der Waals surface area contributed by atoms with Crippen molar-refractivity contribution in [1.29, 1.82) is 0 Å².